The molecule has 1 saturated heterocycles. The first kappa shape index (κ1) is 20.5. The first-order chi connectivity index (χ1) is 14.5. The maximum Gasteiger partial charge on any atom is 0.255 e. The third kappa shape index (κ3) is 4.24. The number of ether oxygens (including phenoxy) is 1. The third-order valence-electron chi connectivity index (χ3n) is 5.98. The number of nitrogens with one attached hydrogen (secondary N) is 1. The lowest BCUT2D eigenvalue weighted by atomic mass is 9.77. The van der Waals surface area contributed by atoms with Gasteiger partial charge in [-0.2, -0.15) is 0 Å². The fraction of sp³-hybridized carbons (Fsp3) is 0.458. The molecule has 1 spiro atoms. The van der Waals surface area contributed by atoms with E-state index in [-0.39, 0.29) is 24.0 Å². The van der Waals surface area contributed by atoms with Crippen molar-refractivity contribution in [3.8, 4) is 0 Å². The van der Waals surface area contributed by atoms with Crippen LogP contribution < -0.4 is 5.32 Å². The Morgan fingerprint density at radius 1 is 1.20 bits per heavy atom. The van der Waals surface area contributed by atoms with Gasteiger partial charge in [0.2, 0.25) is 5.91 Å². The van der Waals surface area contributed by atoms with E-state index in [2.05, 4.69) is 22.4 Å². The summed E-state index contributed by atoms with van der Waals surface area (Å²) in [4.78, 5) is 31.1. The van der Waals surface area contributed by atoms with Crippen LogP contribution in [-0.2, 0) is 21.6 Å². The number of piperidine rings is 1. The molecule has 6 nitrogen and oxygen atoms in total. The van der Waals surface area contributed by atoms with E-state index in [0.717, 1.165) is 19.3 Å². The van der Waals surface area contributed by atoms with E-state index in [1.165, 1.54) is 11.1 Å². The Kier molecular flexibility index (Phi) is 5.86. The smallest absolute Gasteiger partial charge is 0.255 e. The van der Waals surface area contributed by atoms with Gasteiger partial charge in [0.1, 0.15) is 0 Å². The molecule has 1 fully saturated rings. The largest absolute Gasteiger partial charge is 0.366 e. The highest BCUT2D eigenvalue weighted by Crippen LogP contribution is 2.44. The van der Waals surface area contributed by atoms with Crippen molar-refractivity contribution >= 4 is 11.8 Å². The number of pyridine rings is 1. The van der Waals surface area contributed by atoms with E-state index >= 15 is 0 Å². The highest BCUT2D eigenvalue weighted by atomic mass is 16.5. The molecule has 0 radical (unpaired) electrons. The third-order valence-corrected chi connectivity index (χ3v) is 5.98. The van der Waals surface area contributed by atoms with Gasteiger partial charge in [-0.1, -0.05) is 24.3 Å². The van der Waals surface area contributed by atoms with Crippen molar-refractivity contribution < 1.29 is 14.3 Å². The lowest BCUT2D eigenvalue weighted by molar-refractivity contribution is -0.148. The quantitative estimate of drug-likeness (QED) is 0.846. The van der Waals surface area contributed by atoms with Crippen molar-refractivity contribution in [3.63, 3.8) is 0 Å². The molecule has 2 aliphatic heterocycles. The van der Waals surface area contributed by atoms with Crippen LogP contribution in [0.15, 0.2) is 48.8 Å². The number of fused-ring (bicyclic) bond motifs is 2. The number of hydrogen-bond donors (Lipinski definition) is 1. The summed E-state index contributed by atoms with van der Waals surface area (Å²) in [7, 11) is 0. The zero-order chi connectivity index (χ0) is 21.1. The average Bonchev–Trinajstić information content (AvgIpc) is 2.74. The molecule has 0 aliphatic carbocycles. The number of hydrogen-bond acceptors (Lipinski definition) is 4. The minimum absolute atomic E-state index is 0.00917. The second kappa shape index (κ2) is 8.56. The van der Waals surface area contributed by atoms with E-state index in [1.54, 1.807) is 24.5 Å². The van der Waals surface area contributed by atoms with Gasteiger partial charge in [-0.25, -0.2) is 0 Å². The molecule has 1 aromatic carbocycles. The lowest BCUT2D eigenvalue weighted by Gasteiger charge is -2.47. The minimum Gasteiger partial charge on any atom is -0.366 e. The molecule has 158 valence electrons. The van der Waals surface area contributed by atoms with Gasteiger partial charge in [-0.05, 0) is 56.4 Å². The normalized spacial score (nSPS) is 20.1. The van der Waals surface area contributed by atoms with Crippen LogP contribution in [0, 0.1) is 0 Å². The van der Waals surface area contributed by atoms with Crippen molar-refractivity contribution in [1.29, 1.82) is 0 Å². The predicted octanol–water partition coefficient (Wildman–Crippen LogP) is 3.07. The molecule has 1 unspecified atom stereocenters. The van der Waals surface area contributed by atoms with Crippen molar-refractivity contribution in [2.24, 2.45) is 0 Å². The first-order valence-electron chi connectivity index (χ1n) is 10.7. The predicted molar refractivity (Wildman–Crippen MR) is 114 cm³/mol. The number of benzene rings is 1. The summed E-state index contributed by atoms with van der Waals surface area (Å²) in [5, 5.41) is 2.97. The van der Waals surface area contributed by atoms with Crippen molar-refractivity contribution in [2.75, 3.05) is 13.1 Å². The Hall–Kier alpha value is -2.73. The number of nitrogens with zero attached hydrogens (tertiary/aromatic N) is 2. The van der Waals surface area contributed by atoms with Crippen LogP contribution in [0.25, 0.3) is 0 Å². The maximum atomic E-state index is 12.8. The van der Waals surface area contributed by atoms with E-state index in [1.807, 2.05) is 30.9 Å². The number of carbonyl (C=O) groups is 2. The number of rotatable bonds is 4. The van der Waals surface area contributed by atoms with Crippen molar-refractivity contribution in [1.82, 2.24) is 15.2 Å². The van der Waals surface area contributed by atoms with Gasteiger partial charge in [0, 0.05) is 31.5 Å². The summed E-state index contributed by atoms with van der Waals surface area (Å²) in [6, 6.07) is 12.1. The maximum absolute atomic E-state index is 12.8. The van der Waals surface area contributed by atoms with Crippen LogP contribution in [0.5, 0.6) is 0 Å². The summed E-state index contributed by atoms with van der Waals surface area (Å²) in [6.45, 7) is 5.16. The molecular formula is C24H29N3O3. The van der Waals surface area contributed by atoms with Gasteiger partial charge >= 0.3 is 0 Å². The zero-order valence-electron chi connectivity index (χ0n) is 17.6. The SMILES string of the molecule is CC(C)NC(=O)CC1Cc2ccccc2C2(CCN(C(=O)c3cccnc3)CC2)O1. The molecule has 2 aromatic rings. The molecule has 2 aliphatic rings. The molecule has 30 heavy (non-hydrogen) atoms. The fourth-order valence-electron chi connectivity index (χ4n) is 4.64. The second-order valence-electron chi connectivity index (χ2n) is 8.56. The standard InChI is InChI=1S/C24H29N3O3/c1-17(2)26-22(28)15-20-14-18-6-3-4-8-21(18)24(30-20)9-12-27(13-10-24)23(29)19-7-5-11-25-16-19/h3-8,11,16-17,20H,9-10,12-15H2,1-2H3,(H,26,28). The average molecular weight is 408 g/mol. The van der Waals surface area contributed by atoms with Crippen molar-refractivity contribution in [2.45, 2.75) is 57.3 Å². The Morgan fingerprint density at radius 3 is 2.67 bits per heavy atom. The van der Waals surface area contributed by atoms with E-state index < -0.39 is 5.60 Å². The molecular weight excluding hydrogens is 378 g/mol. The Labute approximate surface area is 177 Å². The van der Waals surface area contributed by atoms with Crippen LogP contribution >= 0.6 is 0 Å². The zero-order valence-corrected chi connectivity index (χ0v) is 17.6. The summed E-state index contributed by atoms with van der Waals surface area (Å²) in [5.41, 5.74) is 2.63. The van der Waals surface area contributed by atoms with Crippen LogP contribution in [-0.4, -0.2) is 46.9 Å². The van der Waals surface area contributed by atoms with Gasteiger partial charge in [0.05, 0.1) is 23.7 Å². The van der Waals surface area contributed by atoms with Crippen LogP contribution in [0.4, 0.5) is 0 Å². The molecule has 1 N–H and O–H groups in total. The van der Waals surface area contributed by atoms with Gasteiger partial charge in [-0.15, -0.1) is 0 Å². The topological polar surface area (TPSA) is 71.5 Å². The highest BCUT2D eigenvalue weighted by molar-refractivity contribution is 5.93. The molecule has 2 amide bonds. The first-order valence-corrected chi connectivity index (χ1v) is 10.7. The number of carbonyl (C=O) groups excluding carboxylic acids is 2. The molecule has 0 bridgehead atoms. The molecule has 0 saturated carbocycles. The summed E-state index contributed by atoms with van der Waals surface area (Å²) in [6.07, 6.45) is 5.66. The van der Waals surface area contributed by atoms with E-state index in [0.29, 0.717) is 25.1 Å². The van der Waals surface area contributed by atoms with E-state index in [4.69, 9.17) is 4.74 Å². The molecule has 1 atom stereocenters. The van der Waals surface area contributed by atoms with Crippen LogP contribution in [0.2, 0.25) is 0 Å². The molecule has 4 rings (SSSR count). The fourth-order valence-corrected chi connectivity index (χ4v) is 4.64. The monoisotopic (exact) mass is 407 g/mol. The Bertz CT molecular complexity index is 905. The molecule has 1 aromatic heterocycles. The van der Waals surface area contributed by atoms with Crippen molar-refractivity contribution in [3.05, 3.63) is 65.5 Å². The number of amides is 2. The molecule has 6 heteroatoms. The van der Waals surface area contributed by atoms with Crippen LogP contribution in [0.3, 0.4) is 0 Å². The summed E-state index contributed by atoms with van der Waals surface area (Å²) >= 11 is 0. The van der Waals surface area contributed by atoms with Gasteiger partial charge in [-0.3, -0.25) is 14.6 Å². The summed E-state index contributed by atoms with van der Waals surface area (Å²) in [5.74, 6) is 0.0311. The molecule has 3 heterocycles. The Balaban J connectivity index is 1.51. The summed E-state index contributed by atoms with van der Waals surface area (Å²) < 4.78 is 6.62. The minimum atomic E-state index is -0.441. The Morgan fingerprint density at radius 2 is 1.97 bits per heavy atom. The second-order valence-corrected chi connectivity index (χ2v) is 8.56. The number of aromatic nitrogens is 1. The van der Waals surface area contributed by atoms with Gasteiger partial charge in [0.15, 0.2) is 0 Å². The van der Waals surface area contributed by atoms with E-state index in [9.17, 15) is 9.59 Å². The number of likely N-dealkylation sites (tertiary alicyclic amines) is 1. The van der Waals surface area contributed by atoms with Crippen LogP contribution in [0.1, 0.15) is 54.6 Å². The highest BCUT2D eigenvalue weighted by Gasteiger charge is 2.44. The lowest BCUT2D eigenvalue weighted by Crippen LogP contribution is -2.51. The van der Waals surface area contributed by atoms with Gasteiger partial charge in [0.25, 0.3) is 5.91 Å². The van der Waals surface area contributed by atoms with Gasteiger partial charge < -0.3 is 15.0 Å².